The average molecular weight is 459 g/mol. The number of amides is 1. The van der Waals surface area contributed by atoms with Crippen LogP contribution in [0.25, 0.3) is 5.69 Å². The molecule has 1 aliphatic rings. The van der Waals surface area contributed by atoms with Gasteiger partial charge in [0.1, 0.15) is 17.3 Å². The van der Waals surface area contributed by atoms with Crippen molar-refractivity contribution in [2.45, 2.75) is 24.2 Å². The fraction of sp³-hybridized carbons (Fsp3) is 0.273. The summed E-state index contributed by atoms with van der Waals surface area (Å²) < 4.78 is 47.6. The lowest BCUT2D eigenvalue weighted by Gasteiger charge is -2.26. The summed E-state index contributed by atoms with van der Waals surface area (Å²) in [5, 5.41) is 2.72. The maximum atomic E-state index is 13.3. The molecule has 0 bridgehead atoms. The number of hydrogen-bond donors (Lipinski definition) is 1. The van der Waals surface area contributed by atoms with E-state index in [1.807, 2.05) is 0 Å². The van der Waals surface area contributed by atoms with Gasteiger partial charge in [0.15, 0.2) is 0 Å². The normalized spacial score (nSPS) is 14.8. The zero-order valence-electron chi connectivity index (χ0n) is 17.5. The predicted octanol–water partition coefficient (Wildman–Crippen LogP) is 3.45. The number of hydrogen-bond acceptors (Lipinski definition) is 5. The lowest BCUT2D eigenvalue weighted by Crippen LogP contribution is -2.35. The number of sulfonamides is 1. The van der Waals surface area contributed by atoms with Crippen molar-refractivity contribution in [3.8, 4) is 11.4 Å². The van der Waals surface area contributed by atoms with Crippen molar-refractivity contribution in [3.63, 3.8) is 0 Å². The van der Waals surface area contributed by atoms with Crippen LogP contribution in [0.2, 0.25) is 0 Å². The van der Waals surface area contributed by atoms with E-state index in [0.29, 0.717) is 24.5 Å². The van der Waals surface area contributed by atoms with Crippen molar-refractivity contribution in [3.05, 3.63) is 66.5 Å². The van der Waals surface area contributed by atoms with Crippen LogP contribution in [-0.2, 0) is 10.0 Å². The molecule has 1 fully saturated rings. The van der Waals surface area contributed by atoms with Crippen LogP contribution in [0.1, 0.15) is 29.8 Å². The van der Waals surface area contributed by atoms with Crippen LogP contribution in [0.15, 0.2) is 59.9 Å². The first-order valence-electron chi connectivity index (χ1n) is 10.2. The van der Waals surface area contributed by atoms with Crippen LogP contribution < -0.4 is 10.1 Å². The van der Waals surface area contributed by atoms with Gasteiger partial charge in [-0.25, -0.2) is 17.8 Å². The number of nitrogens with one attached hydrogen (secondary N) is 1. The molecular formula is C22H23FN4O4S. The highest BCUT2D eigenvalue weighted by molar-refractivity contribution is 7.89. The van der Waals surface area contributed by atoms with E-state index in [9.17, 15) is 17.6 Å². The molecule has 10 heteroatoms. The zero-order chi connectivity index (χ0) is 22.7. The number of imidazole rings is 1. The number of ether oxygens (including phenoxy) is 1. The molecule has 8 nitrogen and oxygen atoms in total. The SMILES string of the molecule is COc1ccc(S(=O)(=O)N2CCCCC2)cc1NC(=O)c1cncn1-c1ccc(F)cc1. The van der Waals surface area contributed by atoms with Crippen LogP contribution in [0.4, 0.5) is 10.1 Å². The number of piperidine rings is 1. The molecule has 0 atom stereocenters. The number of methoxy groups -OCH3 is 1. The van der Waals surface area contributed by atoms with Gasteiger partial charge in [0, 0.05) is 18.8 Å². The summed E-state index contributed by atoms with van der Waals surface area (Å²) in [4.78, 5) is 17.1. The summed E-state index contributed by atoms with van der Waals surface area (Å²) >= 11 is 0. The second-order valence-corrected chi connectivity index (χ2v) is 9.34. The molecule has 0 radical (unpaired) electrons. The molecule has 1 amide bonds. The first-order chi connectivity index (χ1) is 15.4. The van der Waals surface area contributed by atoms with Gasteiger partial charge >= 0.3 is 0 Å². The fourth-order valence-corrected chi connectivity index (χ4v) is 5.20. The number of anilines is 1. The quantitative estimate of drug-likeness (QED) is 0.611. The number of aromatic nitrogens is 2. The van der Waals surface area contributed by atoms with E-state index in [2.05, 4.69) is 10.3 Å². The third-order valence-corrected chi connectivity index (χ3v) is 7.24. The van der Waals surface area contributed by atoms with Crippen LogP contribution in [0.3, 0.4) is 0 Å². The topological polar surface area (TPSA) is 93.5 Å². The molecule has 0 unspecified atom stereocenters. The largest absolute Gasteiger partial charge is 0.495 e. The number of rotatable bonds is 6. The Hall–Kier alpha value is -3.24. The number of carbonyl (C=O) groups is 1. The second-order valence-electron chi connectivity index (χ2n) is 7.41. The third-order valence-electron chi connectivity index (χ3n) is 5.35. The Labute approximate surface area is 185 Å². The minimum Gasteiger partial charge on any atom is -0.495 e. The Morgan fingerprint density at radius 3 is 2.50 bits per heavy atom. The van der Waals surface area contributed by atoms with Crippen molar-refractivity contribution >= 4 is 21.6 Å². The predicted molar refractivity (Wildman–Crippen MR) is 117 cm³/mol. The minimum absolute atomic E-state index is 0.0857. The maximum absolute atomic E-state index is 13.3. The Morgan fingerprint density at radius 1 is 1.09 bits per heavy atom. The van der Waals surface area contributed by atoms with Crippen LogP contribution in [0.5, 0.6) is 5.75 Å². The van der Waals surface area contributed by atoms with Crippen molar-refractivity contribution in [1.82, 2.24) is 13.9 Å². The Kier molecular flexibility index (Phi) is 6.24. The van der Waals surface area contributed by atoms with E-state index >= 15 is 0 Å². The third kappa shape index (κ3) is 4.37. The van der Waals surface area contributed by atoms with Gasteiger partial charge in [-0.3, -0.25) is 9.36 Å². The van der Waals surface area contributed by atoms with Crippen molar-refractivity contribution in [2.24, 2.45) is 0 Å². The van der Waals surface area contributed by atoms with E-state index in [1.54, 1.807) is 0 Å². The van der Waals surface area contributed by atoms with Crippen molar-refractivity contribution in [1.29, 1.82) is 0 Å². The van der Waals surface area contributed by atoms with Gasteiger partial charge in [0.05, 0.1) is 30.2 Å². The van der Waals surface area contributed by atoms with E-state index < -0.39 is 21.7 Å². The summed E-state index contributed by atoms with van der Waals surface area (Å²) in [6, 6.07) is 10.0. The van der Waals surface area contributed by atoms with Gasteiger partial charge in [-0.2, -0.15) is 4.31 Å². The van der Waals surface area contributed by atoms with E-state index in [4.69, 9.17) is 4.74 Å². The first-order valence-corrected chi connectivity index (χ1v) is 11.6. The lowest BCUT2D eigenvalue weighted by molar-refractivity contribution is 0.102. The molecule has 2 heterocycles. The van der Waals surface area contributed by atoms with Gasteiger partial charge in [-0.1, -0.05) is 6.42 Å². The number of nitrogens with zero attached hydrogens (tertiary/aromatic N) is 3. The average Bonchev–Trinajstić information content (AvgIpc) is 3.30. The lowest BCUT2D eigenvalue weighted by atomic mass is 10.2. The molecule has 0 spiro atoms. The van der Waals surface area contributed by atoms with E-state index in [1.165, 1.54) is 71.0 Å². The highest BCUT2D eigenvalue weighted by Gasteiger charge is 2.27. The monoisotopic (exact) mass is 458 g/mol. The summed E-state index contributed by atoms with van der Waals surface area (Å²) in [7, 11) is -2.24. The van der Waals surface area contributed by atoms with Gasteiger partial charge in [0.2, 0.25) is 10.0 Å². The zero-order valence-corrected chi connectivity index (χ0v) is 18.3. The summed E-state index contributed by atoms with van der Waals surface area (Å²) in [6.45, 7) is 0.958. The maximum Gasteiger partial charge on any atom is 0.274 e. The highest BCUT2D eigenvalue weighted by atomic mass is 32.2. The van der Waals surface area contributed by atoms with Gasteiger partial charge in [0.25, 0.3) is 5.91 Å². The smallest absolute Gasteiger partial charge is 0.274 e. The number of benzene rings is 2. The van der Waals surface area contributed by atoms with Gasteiger partial charge in [-0.15, -0.1) is 0 Å². The number of carbonyl (C=O) groups excluding carboxylic acids is 1. The molecule has 0 aliphatic carbocycles. The molecule has 1 saturated heterocycles. The highest BCUT2D eigenvalue weighted by Crippen LogP contribution is 2.30. The second kappa shape index (κ2) is 9.09. The van der Waals surface area contributed by atoms with E-state index in [-0.39, 0.29) is 16.3 Å². The molecule has 4 rings (SSSR count). The van der Waals surface area contributed by atoms with Crippen molar-refractivity contribution < 1.29 is 22.3 Å². The summed E-state index contributed by atoms with van der Waals surface area (Å²) in [5.41, 5.74) is 0.979. The standard InChI is InChI=1S/C22H23FN4O4S/c1-31-21-10-9-18(32(29,30)26-11-3-2-4-12-26)13-19(21)25-22(28)20-14-24-15-27(20)17-7-5-16(23)6-8-17/h5-10,13-15H,2-4,11-12H2,1H3,(H,25,28). The Morgan fingerprint density at radius 2 is 1.81 bits per heavy atom. The Balaban J connectivity index is 1.63. The van der Waals surface area contributed by atoms with Crippen LogP contribution >= 0.6 is 0 Å². The molecule has 0 saturated carbocycles. The molecule has 168 valence electrons. The summed E-state index contributed by atoms with van der Waals surface area (Å²) in [6.07, 6.45) is 5.48. The van der Waals surface area contributed by atoms with Crippen LogP contribution in [0, 0.1) is 5.82 Å². The van der Waals surface area contributed by atoms with E-state index in [0.717, 1.165) is 19.3 Å². The first kappa shape index (κ1) is 22.0. The van der Waals surface area contributed by atoms with Crippen LogP contribution in [-0.4, -0.2) is 48.4 Å². The molecular weight excluding hydrogens is 435 g/mol. The minimum atomic E-state index is -3.68. The molecule has 1 aromatic heterocycles. The van der Waals surface area contributed by atoms with Crippen molar-refractivity contribution in [2.75, 3.05) is 25.5 Å². The molecule has 32 heavy (non-hydrogen) atoms. The molecule has 1 aliphatic heterocycles. The Bertz CT molecular complexity index is 1220. The summed E-state index contributed by atoms with van der Waals surface area (Å²) in [5.74, 6) is -0.585. The molecule has 2 aromatic carbocycles. The molecule has 1 N–H and O–H groups in total. The van der Waals surface area contributed by atoms with Gasteiger partial charge in [-0.05, 0) is 55.3 Å². The fourth-order valence-electron chi connectivity index (χ4n) is 3.66. The number of halogens is 1. The van der Waals surface area contributed by atoms with Gasteiger partial charge < -0.3 is 10.1 Å². The molecule has 3 aromatic rings.